The highest BCUT2D eigenvalue weighted by molar-refractivity contribution is 7.16. The Balaban J connectivity index is 1.80. The van der Waals surface area contributed by atoms with Crippen molar-refractivity contribution >= 4 is 41.5 Å². The number of nitrogens with zero attached hydrogens (tertiary/aromatic N) is 2. The maximum Gasteiger partial charge on any atom is 0.259 e. The highest BCUT2D eigenvalue weighted by atomic mass is 32.1. The highest BCUT2D eigenvalue weighted by Gasteiger charge is 2.13. The van der Waals surface area contributed by atoms with Crippen LogP contribution in [0.25, 0.3) is 16.6 Å². The number of hydrogen-bond acceptors (Lipinski definition) is 5. The number of aliphatic imine (C=N–C) groups is 1. The molecule has 0 aliphatic carbocycles. The number of aryl methyl sites for hydroxylation is 1. The van der Waals surface area contributed by atoms with Crippen LogP contribution in [0.4, 0.5) is 11.5 Å². The largest absolute Gasteiger partial charge is 0.496 e. The van der Waals surface area contributed by atoms with Crippen LogP contribution in [0.15, 0.2) is 54.0 Å². The third-order valence-electron chi connectivity index (χ3n) is 3.96. The minimum atomic E-state index is -0.221. The van der Waals surface area contributed by atoms with Crippen LogP contribution in [0.5, 0.6) is 5.75 Å². The lowest BCUT2D eigenvalue weighted by molar-refractivity contribution is 0.102. The Morgan fingerprint density at radius 2 is 2.00 bits per heavy atom. The first-order valence-electron chi connectivity index (χ1n) is 8.22. The van der Waals surface area contributed by atoms with E-state index < -0.39 is 0 Å². The molecule has 0 aliphatic rings. The summed E-state index contributed by atoms with van der Waals surface area (Å²) in [5.41, 5.74) is 3.14. The van der Waals surface area contributed by atoms with Crippen molar-refractivity contribution in [3.63, 3.8) is 0 Å². The van der Waals surface area contributed by atoms with E-state index in [0.717, 1.165) is 21.0 Å². The quantitative estimate of drug-likeness (QED) is 0.589. The van der Waals surface area contributed by atoms with Gasteiger partial charge in [-0.05, 0) is 61.7 Å². The SMILES string of the molecule is C=Cc1sc(-c2ccc(NC(=O)c3ccc(C)cc3OC)cc2)nc1N=C. The standard InChI is InChI=1S/C21H19N3O2S/c1-5-18-19(22-3)24-21(27-18)14-7-9-15(10-8-14)23-20(25)16-11-6-13(2)12-17(16)26-4/h5-12H,1,3H2,2,4H3,(H,23,25). The molecule has 3 aromatic rings. The van der Waals surface area contributed by atoms with E-state index in [4.69, 9.17) is 4.74 Å². The molecule has 5 nitrogen and oxygen atoms in total. The average molecular weight is 377 g/mol. The molecular weight excluding hydrogens is 358 g/mol. The molecule has 1 N–H and O–H groups in total. The van der Waals surface area contributed by atoms with Crippen LogP contribution in [0.3, 0.4) is 0 Å². The Bertz CT molecular complexity index is 981. The highest BCUT2D eigenvalue weighted by Crippen LogP contribution is 2.33. The van der Waals surface area contributed by atoms with Gasteiger partial charge in [0.15, 0.2) is 5.82 Å². The minimum absolute atomic E-state index is 0.221. The van der Waals surface area contributed by atoms with Gasteiger partial charge in [-0.2, -0.15) is 0 Å². The number of thiazole rings is 1. The van der Waals surface area contributed by atoms with E-state index in [1.807, 2.05) is 43.3 Å². The summed E-state index contributed by atoms with van der Waals surface area (Å²) in [6.07, 6.45) is 1.72. The molecule has 0 spiro atoms. The first-order chi connectivity index (χ1) is 13.0. The van der Waals surface area contributed by atoms with Crippen molar-refractivity contribution in [2.75, 3.05) is 12.4 Å². The molecule has 0 bridgehead atoms. The van der Waals surface area contributed by atoms with E-state index in [1.54, 1.807) is 19.3 Å². The summed E-state index contributed by atoms with van der Waals surface area (Å²) >= 11 is 1.49. The lowest BCUT2D eigenvalue weighted by Gasteiger charge is -2.10. The van der Waals surface area contributed by atoms with Gasteiger partial charge in [0.2, 0.25) is 0 Å². The van der Waals surface area contributed by atoms with Crippen LogP contribution < -0.4 is 10.1 Å². The van der Waals surface area contributed by atoms with Gasteiger partial charge in [-0.25, -0.2) is 9.98 Å². The Morgan fingerprint density at radius 3 is 2.59 bits per heavy atom. The fraction of sp³-hybridized carbons (Fsp3) is 0.0952. The normalized spacial score (nSPS) is 10.3. The number of ether oxygens (including phenoxy) is 1. The Hall–Kier alpha value is -3.25. The Labute approximate surface area is 162 Å². The molecule has 0 saturated carbocycles. The molecule has 0 aliphatic heterocycles. The fourth-order valence-electron chi connectivity index (χ4n) is 2.57. The van der Waals surface area contributed by atoms with Crippen molar-refractivity contribution < 1.29 is 9.53 Å². The molecule has 1 amide bonds. The summed E-state index contributed by atoms with van der Waals surface area (Å²) in [5, 5.41) is 3.71. The van der Waals surface area contributed by atoms with Crippen molar-refractivity contribution in [1.29, 1.82) is 0 Å². The number of aromatic nitrogens is 1. The Morgan fingerprint density at radius 1 is 1.26 bits per heavy atom. The number of carbonyl (C=O) groups excluding carboxylic acids is 1. The fourth-order valence-corrected chi connectivity index (χ4v) is 3.45. The van der Waals surface area contributed by atoms with Gasteiger partial charge in [-0.15, -0.1) is 11.3 Å². The van der Waals surface area contributed by atoms with Gasteiger partial charge in [0.1, 0.15) is 10.8 Å². The second-order valence-electron chi connectivity index (χ2n) is 5.80. The molecule has 0 atom stereocenters. The van der Waals surface area contributed by atoms with Crippen molar-refractivity contribution in [3.8, 4) is 16.3 Å². The number of hydrogen-bond donors (Lipinski definition) is 1. The second kappa shape index (κ2) is 7.97. The van der Waals surface area contributed by atoms with Crippen LogP contribution in [-0.4, -0.2) is 24.7 Å². The molecule has 136 valence electrons. The number of amides is 1. The van der Waals surface area contributed by atoms with E-state index in [1.165, 1.54) is 11.3 Å². The zero-order valence-corrected chi connectivity index (χ0v) is 16.0. The zero-order chi connectivity index (χ0) is 19.4. The molecular formula is C21H19N3O2S. The van der Waals surface area contributed by atoms with Crippen LogP contribution in [0, 0.1) is 6.92 Å². The molecule has 1 heterocycles. The number of anilines is 1. The van der Waals surface area contributed by atoms with E-state index >= 15 is 0 Å². The number of methoxy groups -OCH3 is 1. The van der Waals surface area contributed by atoms with Gasteiger partial charge in [-0.3, -0.25) is 4.79 Å². The molecule has 0 saturated heterocycles. The van der Waals surface area contributed by atoms with Crippen molar-refractivity contribution in [2.45, 2.75) is 6.92 Å². The summed E-state index contributed by atoms with van der Waals surface area (Å²) in [6, 6.07) is 13.0. The second-order valence-corrected chi connectivity index (χ2v) is 6.83. The minimum Gasteiger partial charge on any atom is -0.496 e. The molecule has 0 fully saturated rings. The third-order valence-corrected chi connectivity index (χ3v) is 5.05. The van der Waals surface area contributed by atoms with E-state index in [-0.39, 0.29) is 5.91 Å². The zero-order valence-electron chi connectivity index (χ0n) is 15.2. The average Bonchev–Trinajstić information content (AvgIpc) is 3.11. The molecule has 0 radical (unpaired) electrons. The number of benzene rings is 2. The van der Waals surface area contributed by atoms with Crippen LogP contribution in [-0.2, 0) is 0 Å². The summed E-state index contributed by atoms with van der Waals surface area (Å²) in [6.45, 7) is 9.25. The van der Waals surface area contributed by atoms with Crippen LogP contribution in [0.1, 0.15) is 20.8 Å². The van der Waals surface area contributed by atoms with Crippen LogP contribution >= 0.6 is 11.3 Å². The first-order valence-corrected chi connectivity index (χ1v) is 9.03. The van der Waals surface area contributed by atoms with Crippen molar-refractivity contribution in [3.05, 3.63) is 65.0 Å². The summed E-state index contributed by atoms with van der Waals surface area (Å²) in [7, 11) is 1.55. The molecule has 3 rings (SSSR count). The monoisotopic (exact) mass is 377 g/mol. The predicted octanol–water partition coefficient (Wildman–Crippen LogP) is 5.35. The summed E-state index contributed by atoms with van der Waals surface area (Å²) < 4.78 is 5.31. The van der Waals surface area contributed by atoms with E-state index in [2.05, 4.69) is 28.6 Å². The maximum atomic E-state index is 12.6. The van der Waals surface area contributed by atoms with Crippen molar-refractivity contribution in [1.82, 2.24) is 4.98 Å². The van der Waals surface area contributed by atoms with Gasteiger partial charge in [-0.1, -0.05) is 12.6 Å². The molecule has 0 unspecified atom stereocenters. The molecule has 6 heteroatoms. The van der Waals surface area contributed by atoms with Crippen molar-refractivity contribution in [2.24, 2.45) is 4.99 Å². The van der Waals surface area contributed by atoms with Gasteiger partial charge < -0.3 is 10.1 Å². The number of rotatable bonds is 6. The summed E-state index contributed by atoms with van der Waals surface area (Å²) in [5.74, 6) is 0.906. The predicted molar refractivity (Wildman–Crippen MR) is 113 cm³/mol. The number of nitrogens with one attached hydrogen (secondary N) is 1. The molecule has 2 aromatic carbocycles. The summed E-state index contributed by atoms with van der Waals surface area (Å²) in [4.78, 5) is 21.8. The van der Waals surface area contributed by atoms with Gasteiger partial charge in [0, 0.05) is 11.3 Å². The maximum absolute atomic E-state index is 12.6. The smallest absolute Gasteiger partial charge is 0.259 e. The molecule has 1 aromatic heterocycles. The molecule has 27 heavy (non-hydrogen) atoms. The third kappa shape index (κ3) is 3.96. The van der Waals surface area contributed by atoms with Gasteiger partial charge in [0.05, 0.1) is 17.6 Å². The Kier molecular flexibility index (Phi) is 5.47. The lowest BCUT2D eigenvalue weighted by Crippen LogP contribution is -2.13. The van der Waals surface area contributed by atoms with Crippen LogP contribution in [0.2, 0.25) is 0 Å². The first kappa shape index (κ1) is 18.5. The topological polar surface area (TPSA) is 63.6 Å². The van der Waals surface area contributed by atoms with E-state index in [0.29, 0.717) is 22.8 Å². The van der Waals surface area contributed by atoms with Gasteiger partial charge in [0.25, 0.3) is 5.91 Å². The number of carbonyl (C=O) groups is 1. The lowest BCUT2D eigenvalue weighted by atomic mass is 10.1. The van der Waals surface area contributed by atoms with Gasteiger partial charge >= 0.3 is 0 Å². The van der Waals surface area contributed by atoms with E-state index in [9.17, 15) is 4.79 Å².